The molecule has 0 heteroatoms. The van der Waals surface area contributed by atoms with E-state index in [4.69, 9.17) is 0 Å². The van der Waals surface area contributed by atoms with Gasteiger partial charge in [0.05, 0.1) is 0 Å². The van der Waals surface area contributed by atoms with E-state index in [-0.39, 0.29) is 0 Å². The molecule has 0 saturated heterocycles. The summed E-state index contributed by atoms with van der Waals surface area (Å²) in [6, 6.07) is 0. The number of allylic oxidation sites excluding steroid dienone is 2. The van der Waals surface area contributed by atoms with Crippen LogP contribution in [0.1, 0.15) is 59.3 Å². The van der Waals surface area contributed by atoms with Gasteiger partial charge in [0.15, 0.2) is 0 Å². The van der Waals surface area contributed by atoms with Crippen molar-refractivity contribution in [3.8, 4) is 0 Å². The SMILES string of the molecule is CC(C)(C)/C1=C/CCCCCC1. The minimum atomic E-state index is 0.414. The van der Waals surface area contributed by atoms with Crippen molar-refractivity contribution >= 4 is 0 Å². The highest BCUT2D eigenvalue weighted by molar-refractivity contribution is 5.11. The standard InChI is InChI=1S/C12H22/c1-12(2,3)11-9-7-5-4-6-8-10-11/h9H,4-8,10H2,1-3H3/b11-9+. The molecule has 12 heavy (non-hydrogen) atoms. The molecule has 0 spiro atoms. The van der Waals surface area contributed by atoms with Crippen LogP contribution >= 0.6 is 0 Å². The van der Waals surface area contributed by atoms with Crippen LogP contribution in [0.15, 0.2) is 11.6 Å². The zero-order chi connectivity index (χ0) is 9.03. The Hall–Kier alpha value is -0.260. The van der Waals surface area contributed by atoms with E-state index < -0.39 is 0 Å². The average Bonchev–Trinajstić information content (AvgIpc) is 1.81. The van der Waals surface area contributed by atoms with Crippen LogP contribution in [0.25, 0.3) is 0 Å². The first-order valence-electron chi connectivity index (χ1n) is 5.30. The lowest BCUT2D eigenvalue weighted by molar-refractivity contribution is 0.461. The van der Waals surface area contributed by atoms with Crippen LogP contribution in [0.3, 0.4) is 0 Å². The number of hydrogen-bond acceptors (Lipinski definition) is 0. The normalized spacial score (nSPS) is 25.4. The zero-order valence-electron chi connectivity index (χ0n) is 8.82. The maximum absolute atomic E-state index is 2.49. The summed E-state index contributed by atoms with van der Waals surface area (Å²) in [6.07, 6.45) is 10.8. The van der Waals surface area contributed by atoms with Crippen molar-refractivity contribution < 1.29 is 0 Å². The minimum Gasteiger partial charge on any atom is -0.0848 e. The molecule has 0 aromatic heterocycles. The lowest BCUT2D eigenvalue weighted by Crippen LogP contribution is -2.10. The monoisotopic (exact) mass is 166 g/mol. The van der Waals surface area contributed by atoms with Crippen LogP contribution in [0, 0.1) is 5.41 Å². The molecule has 0 aromatic carbocycles. The molecule has 0 amide bonds. The Kier molecular flexibility index (Phi) is 3.37. The number of rotatable bonds is 0. The van der Waals surface area contributed by atoms with E-state index in [1.807, 2.05) is 0 Å². The topological polar surface area (TPSA) is 0 Å². The Morgan fingerprint density at radius 1 is 1.00 bits per heavy atom. The molecule has 1 aliphatic rings. The van der Waals surface area contributed by atoms with Crippen molar-refractivity contribution in [2.24, 2.45) is 5.41 Å². The summed E-state index contributed by atoms with van der Waals surface area (Å²) in [5.74, 6) is 0. The smallest absolute Gasteiger partial charge is 0.0173 e. The Labute approximate surface area is 77.1 Å². The van der Waals surface area contributed by atoms with Crippen molar-refractivity contribution in [1.29, 1.82) is 0 Å². The third-order valence-electron chi connectivity index (χ3n) is 2.75. The molecule has 1 aliphatic carbocycles. The molecule has 70 valence electrons. The van der Waals surface area contributed by atoms with Crippen LogP contribution in [0.5, 0.6) is 0 Å². The van der Waals surface area contributed by atoms with Crippen molar-refractivity contribution in [2.45, 2.75) is 59.3 Å². The van der Waals surface area contributed by atoms with Gasteiger partial charge in [-0.3, -0.25) is 0 Å². The first-order chi connectivity index (χ1) is 5.61. The van der Waals surface area contributed by atoms with E-state index in [0.717, 1.165) is 0 Å². The van der Waals surface area contributed by atoms with Crippen molar-refractivity contribution in [3.63, 3.8) is 0 Å². The summed E-state index contributed by atoms with van der Waals surface area (Å²) in [5, 5.41) is 0. The molecule has 0 nitrogen and oxygen atoms in total. The van der Waals surface area contributed by atoms with Gasteiger partial charge in [-0.25, -0.2) is 0 Å². The quantitative estimate of drug-likeness (QED) is 0.470. The second-order valence-corrected chi connectivity index (χ2v) is 4.93. The third-order valence-corrected chi connectivity index (χ3v) is 2.75. The van der Waals surface area contributed by atoms with Gasteiger partial charge in [-0.15, -0.1) is 0 Å². The molecule has 0 saturated carbocycles. The summed E-state index contributed by atoms with van der Waals surface area (Å²) in [4.78, 5) is 0. The summed E-state index contributed by atoms with van der Waals surface area (Å²) in [7, 11) is 0. The second kappa shape index (κ2) is 4.11. The summed E-state index contributed by atoms with van der Waals surface area (Å²) >= 11 is 0. The molecule has 0 N–H and O–H groups in total. The average molecular weight is 166 g/mol. The molecule has 0 fully saturated rings. The van der Waals surface area contributed by atoms with Gasteiger partial charge in [-0.2, -0.15) is 0 Å². The second-order valence-electron chi connectivity index (χ2n) is 4.93. The molecular formula is C12H22. The first-order valence-corrected chi connectivity index (χ1v) is 5.30. The van der Waals surface area contributed by atoms with Crippen LogP contribution in [0.4, 0.5) is 0 Å². The minimum absolute atomic E-state index is 0.414. The van der Waals surface area contributed by atoms with Gasteiger partial charge >= 0.3 is 0 Å². The van der Waals surface area contributed by atoms with Gasteiger partial charge in [-0.05, 0) is 31.1 Å². The van der Waals surface area contributed by atoms with Gasteiger partial charge in [0.2, 0.25) is 0 Å². The fourth-order valence-corrected chi connectivity index (χ4v) is 1.87. The maximum Gasteiger partial charge on any atom is -0.0173 e. The highest BCUT2D eigenvalue weighted by Gasteiger charge is 2.16. The molecule has 0 atom stereocenters. The van der Waals surface area contributed by atoms with Gasteiger partial charge < -0.3 is 0 Å². The third kappa shape index (κ3) is 3.00. The Morgan fingerprint density at radius 2 is 1.67 bits per heavy atom. The van der Waals surface area contributed by atoms with Gasteiger partial charge in [0.25, 0.3) is 0 Å². The van der Waals surface area contributed by atoms with Gasteiger partial charge in [0, 0.05) is 0 Å². The predicted molar refractivity (Wildman–Crippen MR) is 55.2 cm³/mol. The predicted octanol–water partition coefficient (Wildman–Crippen LogP) is 4.31. The van der Waals surface area contributed by atoms with Crippen molar-refractivity contribution in [1.82, 2.24) is 0 Å². The zero-order valence-corrected chi connectivity index (χ0v) is 8.82. The fraction of sp³-hybridized carbons (Fsp3) is 0.833. The highest BCUT2D eigenvalue weighted by Crippen LogP contribution is 2.31. The summed E-state index contributed by atoms with van der Waals surface area (Å²) in [5.41, 5.74) is 2.10. The van der Waals surface area contributed by atoms with E-state index in [9.17, 15) is 0 Å². The lowest BCUT2D eigenvalue weighted by Gasteiger charge is -2.24. The van der Waals surface area contributed by atoms with E-state index in [0.29, 0.717) is 5.41 Å². The molecule has 0 heterocycles. The molecule has 0 aliphatic heterocycles. The Balaban J connectivity index is 2.59. The molecule has 0 bridgehead atoms. The van der Waals surface area contributed by atoms with Gasteiger partial charge in [-0.1, -0.05) is 45.3 Å². The largest absolute Gasteiger partial charge is 0.0848 e. The van der Waals surface area contributed by atoms with Gasteiger partial charge in [0.1, 0.15) is 0 Å². The van der Waals surface area contributed by atoms with Crippen molar-refractivity contribution in [3.05, 3.63) is 11.6 Å². The molecule has 0 unspecified atom stereocenters. The van der Waals surface area contributed by atoms with Crippen LogP contribution in [-0.4, -0.2) is 0 Å². The first kappa shape index (κ1) is 9.83. The van der Waals surface area contributed by atoms with E-state index >= 15 is 0 Å². The van der Waals surface area contributed by atoms with E-state index in [1.54, 1.807) is 5.57 Å². The van der Waals surface area contributed by atoms with E-state index in [1.165, 1.54) is 38.5 Å². The van der Waals surface area contributed by atoms with Crippen LogP contribution < -0.4 is 0 Å². The summed E-state index contributed by atoms with van der Waals surface area (Å²) < 4.78 is 0. The fourth-order valence-electron chi connectivity index (χ4n) is 1.87. The van der Waals surface area contributed by atoms with Crippen LogP contribution in [-0.2, 0) is 0 Å². The summed E-state index contributed by atoms with van der Waals surface area (Å²) in [6.45, 7) is 7.00. The van der Waals surface area contributed by atoms with Crippen LogP contribution in [0.2, 0.25) is 0 Å². The molecule has 1 rings (SSSR count). The highest BCUT2D eigenvalue weighted by atomic mass is 14.2. The Bertz CT molecular complexity index is 157. The molecular weight excluding hydrogens is 144 g/mol. The maximum atomic E-state index is 2.49. The lowest BCUT2D eigenvalue weighted by atomic mass is 9.81. The van der Waals surface area contributed by atoms with E-state index in [2.05, 4.69) is 26.8 Å². The number of hydrogen-bond donors (Lipinski definition) is 0. The Morgan fingerprint density at radius 3 is 2.33 bits per heavy atom. The molecule has 0 radical (unpaired) electrons. The molecule has 0 aromatic rings. The van der Waals surface area contributed by atoms with Crippen molar-refractivity contribution in [2.75, 3.05) is 0 Å².